The third-order valence-electron chi connectivity index (χ3n) is 3.21. The van der Waals surface area contributed by atoms with Crippen LogP contribution in [0.15, 0.2) is 18.5 Å². The fraction of sp³-hybridized carbons (Fsp3) is 0.538. The van der Waals surface area contributed by atoms with Gasteiger partial charge in [-0.25, -0.2) is 4.39 Å². The van der Waals surface area contributed by atoms with E-state index in [2.05, 4.69) is 10.3 Å². The minimum atomic E-state index is -0.518. The van der Waals surface area contributed by atoms with Crippen LogP contribution in [-0.4, -0.2) is 23.6 Å². The summed E-state index contributed by atoms with van der Waals surface area (Å²) in [7, 11) is 0. The average Bonchev–Trinajstić information content (AvgIpc) is 2.41. The van der Waals surface area contributed by atoms with Crippen molar-refractivity contribution >= 4 is 11.6 Å². The minimum absolute atomic E-state index is 0.0661. The number of amides is 1. The number of carbonyl (C=O) groups excluding carboxylic acids is 1. The van der Waals surface area contributed by atoms with Crippen molar-refractivity contribution < 1.29 is 13.9 Å². The molecule has 1 fully saturated rings. The molecule has 0 unspecified atom stereocenters. The molecule has 0 bridgehead atoms. The van der Waals surface area contributed by atoms with Gasteiger partial charge in [0.2, 0.25) is 5.91 Å². The van der Waals surface area contributed by atoms with Gasteiger partial charge in [0.05, 0.1) is 23.9 Å². The van der Waals surface area contributed by atoms with Crippen LogP contribution in [-0.2, 0) is 9.53 Å². The Kier molecular flexibility index (Phi) is 4.25. The molecule has 0 saturated carbocycles. The summed E-state index contributed by atoms with van der Waals surface area (Å²) in [5, 5.41) is 2.61. The zero-order chi connectivity index (χ0) is 13.0. The van der Waals surface area contributed by atoms with E-state index in [9.17, 15) is 9.18 Å². The number of hydrogen-bond acceptors (Lipinski definition) is 3. The Balaban J connectivity index is 2.05. The van der Waals surface area contributed by atoms with Gasteiger partial charge >= 0.3 is 0 Å². The number of carbonyl (C=O) groups is 1. The van der Waals surface area contributed by atoms with Crippen LogP contribution in [0.4, 0.5) is 10.1 Å². The van der Waals surface area contributed by atoms with E-state index in [4.69, 9.17) is 4.74 Å². The predicted molar refractivity (Wildman–Crippen MR) is 65.6 cm³/mol. The molecule has 2 rings (SSSR count). The maximum atomic E-state index is 13.4. The van der Waals surface area contributed by atoms with Crippen LogP contribution in [0.25, 0.3) is 0 Å². The van der Waals surface area contributed by atoms with Crippen LogP contribution in [0.1, 0.15) is 26.2 Å². The van der Waals surface area contributed by atoms with Crippen LogP contribution in [0.2, 0.25) is 0 Å². The molecule has 2 atom stereocenters. The van der Waals surface area contributed by atoms with E-state index in [0.29, 0.717) is 6.61 Å². The first kappa shape index (κ1) is 13.0. The zero-order valence-corrected chi connectivity index (χ0v) is 10.4. The molecular weight excluding hydrogens is 235 g/mol. The van der Waals surface area contributed by atoms with Crippen molar-refractivity contribution in [1.29, 1.82) is 0 Å². The van der Waals surface area contributed by atoms with Crippen molar-refractivity contribution in [3.63, 3.8) is 0 Å². The van der Waals surface area contributed by atoms with Gasteiger partial charge in [-0.1, -0.05) is 6.92 Å². The molecule has 2 heterocycles. The maximum Gasteiger partial charge on any atom is 0.230 e. The number of nitrogens with zero attached hydrogens (tertiary/aromatic N) is 1. The molecule has 1 saturated heterocycles. The molecule has 4 nitrogen and oxygen atoms in total. The van der Waals surface area contributed by atoms with Gasteiger partial charge in [-0.2, -0.15) is 0 Å². The van der Waals surface area contributed by atoms with E-state index in [1.807, 2.05) is 6.92 Å². The molecule has 1 aromatic rings. The lowest BCUT2D eigenvalue weighted by molar-refractivity contribution is -0.129. The van der Waals surface area contributed by atoms with Gasteiger partial charge < -0.3 is 10.1 Å². The predicted octanol–water partition coefficient (Wildman–Crippen LogP) is 2.36. The molecule has 5 heteroatoms. The van der Waals surface area contributed by atoms with Crippen LogP contribution >= 0.6 is 0 Å². The highest BCUT2D eigenvalue weighted by Crippen LogP contribution is 2.25. The van der Waals surface area contributed by atoms with Crippen molar-refractivity contribution in [2.45, 2.75) is 32.3 Å². The first-order valence-corrected chi connectivity index (χ1v) is 6.24. The van der Waals surface area contributed by atoms with Crippen molar-refractivity contribution in [1.82, 2.24) is 4.98 Å². The Labute approximate surface area is 106 Å². The van der Waals surface area contributed by atoms with Crippen LogP contribution in [0.3, 0.4) is 0 Å². The Morgan fingerprint density at radius 1 is 1.67 bits per heavy atom. The molecule has 1 aliphatic rings. The quantitative estimate of drug-likeness (QED) is 0.898. The molecule has 0 radical (unpaired) electrons. The lowest BCUT2D eigenvalue weighted by atomic mass is 9.92. The number of aromatic nitrogens is 1. The highest BCUT2D eigenvalue weighted by Gasteiger charge is 2.30. The Bertz CT molecular complexity index is 425. The van der Waals surface area contributed by atoms with Gasteiger partial charge in [-0.05, 0) is 25.3 Å². The summed E-state index contributed by atoms with van der Waals surface area (Å²) in [4.78, 5) is 15.8. The number of pyridine rings is 1. The maximum absolute atomic E-state index is 13.4. The standard InChI is InChI=1S/C13H17FN2O2/c1-2-12-9(4-3-7-18-12)13(17)16-11-5-6-15-8-10(11)14/h5-6,8-9,12H,2-4,7H2,1H3,(H,15,16,17)/t9-,12-/m1/s1. The number of hydrogen-bond donors (Lipinski definition) is 1. The van der Waals surface area contributed by atoms with Gasteiger partial charge in [-0.3, -0.25) is 9.78 Å². The zero-order valence-electron chi connectivity index (χ0n) is 10.4. The average molecular weight is 252 g/mol. The highest BCUT2D eigenvalue weighted by molar-refractivity contribution is 5.93. The summed E-state index contributed by atoms with van der Waals surface area (Å²) in [6.45, 7) is 2.69. The van der Waals surface area contributed by atoms with E-state index in [1.165, 1.54) is 12.3 Å². The van der Waals surface area contributed by atoms with Crippen molar-refractivity contribution in [2.24, 2.45) is 5.92 Å². The van der Waals surface area contributed by atoms with E-state index in [0.717, 1.165) is 25.5 Å². The van der Waals surface area contributed by atoms with Crippen molar-refractivity contribution in [3.8, 4) is 0 Å². The number of ether oxygens (including phenoxy) is 1. The Morgan fingerprint density at radius 3 is 3.22 bits per heavy atom. The normalized spacial score (nSPS) is 23.7. The Morgan fingerprint density at radius 2 is 2.50 bits per heavy atom. The molecule has 0 aliphatic carbocycles. The molecule has 1 amide bonds. The van der Waals surface area contributed by atoms with Crippen LogP contribution < -0.4 is 5.32 Å². The third kappa shape index (κ3) is 2.85. The number of halogens is 1. The highest BCUT2D eigenvalue weighted by atomic mass is 19.1. The molecule has 1 N–H and O–H groups in total. The van der Waals surface area contributed by atoms with Crippen molar-refractivity contribution in [2.75, 3.05) is 11.9 Å². The van der Waals surface area contributed by atoms with Gasteiger partial charge in [0.25, 0.3) is 0 Å². The topological polar surface area (TPSA) is 51.2 Å². The third-order valence-corrected chi connectivity index (χ3v) is 3.21. The summed E-state index contributed by atoms with van der Waals surface area (Å²) >= 11 is 0. The molecule has 0 spiro atoms. The smallest absolute Gasteiger partial charge is 0.230 e. The van der Waals surface area contributed by atoms with Gasteiger partial charge in [-0.15, -0.1) is 0 Å². The van der Waals surface area contributed by atoms with E-state index < -0.39 is 5.82 Å². The summed E-state index contributed by atoms with van der Waals surface area (Å²) in [5.41, 5.74) is 0.176. The van der Waals surface area contributed by atoms with Crippen LogP contribution in [0.5, 0.6) is 0 Å². The van der Waals surface area contributed by atoms with E-state index in [1.54, 1.807) is 0 Å². The fourth-order valence-electron chi connectivity index (χ4n) is 2.24. The number of rotatable bonds is 3. The second kappa shape index (κ2) is 5.91. The SMILES string of the molecule is CC[C@H]1OCCC[C@H]1C(=O)Nc1ccncc1F. The molecular formula is C13H17FN2O2. The Hall–Kier alpha value is -1.49. The van der Waals surface area contributed by atoms with Crippen molar-refractivity contribution in [3.05, 3.63) is 24.3 Å². The first-order valence-electron chi connectivity index (χ1n) is 6.24. The van der Waals surface area contributed by atoms with Gasteiger partial charge in [0, 0.05) is 12.8 Å². The second-order valence-corrected chi connectivity index (χ2v) is 4.41. The summed E-state index contributed by atoms with van der Waals surface area (Å²) in [5.74, 6) is -0.890. The molecule has 0 aromatic carbocycles. The largest absolute Gasteiger partial charge is 0.377 e. The minimum Gasteiger partial charge on any atom is -0.377 e. The first-order chi connectivity index (χ1) is 8.72. The number of nitrogens with one attached hydrogen (secondary N) is 1. The van der Waals surface area contributed by atoms with Gasteiger partial charge in [0.15, 0.2) is 5.82 Å². The second-order valence-electron chi connectivity index (χ2n) is 4.41. The van der Waals surface area contributed by atoms with E-state index >= 15 is 0 Å². The molecule has 18 heavy (non-hydrogen) atoms. The van der Waals surface area contributed by atoms with Crippen LogP contribution in [0, 0.1) is 11.7 Å². The lowest BCUT2D eigenvalue weighted by Crippen LogP contribution is -2.38. The lowest BCUT2D eigenvalue weighted by Gasteiger charge is -2.30. The summed E-state index contributed by atoms with van der Waals surface area (Å²) in [6, 6.07) is 1.46. The van der Waals surface area contributed by atoms with Gasteiger partial charge in [0.1, 0.15) is 0 Å². The molecule has 1 aromatic heterocycles. The fourth-order valence-corrected chi connectivity index (χ4v) is 2.24. The summed E-state index contributed by atoms with van der Waals surface area (Å²) in [6.07, 6.45) is 4.92. The molecule has 98 valence electrons. The monoisotopic (exact) mass is 252 g/mol. The molecule has 1 aliphatic heterocycles. The number of anilines is 1. The van der Waals surface area contributed by atoms with E-state index in [-0.39, 0.29) is 23.6 Å². The summed E-state index contributed by atoms with van der Waals surface area (Å²) < 4.78 is 18.9.